The fourth-order valence-corrected chi connectivity index (χ4v) is 1.45. The first-order valence-electron chi connectivity index (χ1n) is 5.45. The highest BCUT2D eigenvalue weighted by atomic mass is 16.5. The lowest BCUT2D eigenvalue weighted by Crippen LogP contribution is -2.23. The van der Waals surface area contributed by atoms with Gasteiger partial charge in [0.25, 0.3) is 0 Å². The van der Waals surface area contributed by atoms with Crippen molar-refractivity contribution >= 4 is 0 Å². The van der Waals surface area contributed by atoms with Crippen LogP contribution in [0.5, 0.6) is 0 Å². The molecule has 0 saturated carbocycles. The van der Waals surface area contributed by atoms with Gasteiger partial charge in [0.1, 0.15) is 0 Å². The first-order chi connectivity index (χ1) is 7.17. The topological polar surface area (TPSA) is 39.1 Å². The van der Waals surface area contributed by atoms with Crippen LogP contribution in [0.2, 0.25) is 0 Å². The molecule has 1 N–H and O–H groups in total. The van der Waals surface area contributed by atoms with Crippen LogP contribution in [0, 0.1) is 0 Å². The molecule has 0 aliphatic heterocycles. The maximum Gasteiger partial charge on any atom is 0.0889 e. The molecule has 1 atom stereocenters. The van der Waals surface area contributed by atoms with Gasteiger partial charge in [-0.2, -0.15) is 5.10 Å². The Kier molecular flexibility index (Phi) is 4.78. The molecule has 86 valence electrons. The van der Waals surface area contributed by atoms with Crippen LogP contribution >= 0.6 is 0 Å². The number of aryl methyl sites for hydroxylation is 2. The van der Waals surface area contributed by atoms with Crippen LogP contribution in [-0.2, 0) is 24.8 Å². The van der Waals surface area contributed by atoms with Crippen molar-refractivity contribution < 1.29 is 4.74 Å². The molecule has 0 aliphatic rings. The SMILES string of the molecule is CCc1cc(COC(C)CNC)n(C)n1. The van der Waals surface area contributed by atoms with E-state index in [1.165, 1.54) is 0 Å². The van der Waals surface area contributed by atoms with Gasteiger partial charge in [-0.1, -0.05) is 6.92 Å². The molecule has 1 heterocycles. The van der Waals surface area contributed by atoms with E-state index in [0.717, 1.165) is 24.4 Å². The second-order valence-electron chi connectivity index (χ2n) is 3.78. The Morgan fingerprint density at radius 1 is 1.60 bits per heavy atom. The molecule has 0 aliphatic carbocycles. The second kappa shape index (κ2) is 5.88. The summed E-state index contributed by atoms with van der Waals surface area (Å²) in [6, 6.07) is 2.10. The van der Waals surface area contributed by atoms with Crippen LogP contribution < -0.4 is 5.32 Å². The van der Waals surface area contributed by atoms with Gasteiger partial charge >= 0.3 is 0 Å². The average molecular weight is 211 g/mol. The molecular weight excluding hydrogens is 190 g/mol. The average Bonchev–Trinajstić information content (AvgIpc) is 2.57. The molecule has 4 nitrogen and oxygen atoms in total. The molecule has 1 unspecified atom stereocenters. The summed E-state index contributed by atoms with van der Waals surface area (Å²) in [7, 11) is 3.89. The zero-order valence-corrected chi connectivity index (χ0v) is 10.1. The predicted octanol–water partition coefficient (Wildman–Crippen LogP) is 1.11. The number of hydrogen-bond donors (Lipinski definition) is 1. The van der Waals surface area contributed by atoms with E-state index in [1.807, 2.05) is 18.8 Å². The largest absolute Gasteiger partial charge is 0.371 e. The monoisotopic (exact) mass is 211 g/mol. The lowest BCUT2D eigenvalue weighted by Gasteiger charge is -2.11. The second-order valence-corrected chi connectivity index (χ2v) is 3.78. The third-order valence-corrected chi connectivity index (χ3v) is 2.40. The molecule has 4 heteroatoms. The summed E-state index contributed by atoms with van der Waals surface area (Å²) in [5.41, 5.74) is 2.26. The van der Waals surface area contributed by atoms with Gasteiger partial charge in [-0.25, -0.2) is 0 Å². The number of likely N-dealkylation sites (N-methyl/N-ethyl adjacent to an activating group) is 1. The van der Waals surface area contributed by atoms with Crippen LogP contribution in [-0.4, -0.2) is 29.5 Å². The highest BCUT2D eigenvalue weighted by Gasteiger charge is 2.06. The number of aromatic nitrogens is 2. The standard InChI is InChI=1S/C11H21N3O/c1-5-10-6-11(14(4)13-10)8-15-9(2)7-12-3/h6,9,12H,5,7-8H2,1-4H3. The van der Waals surface area contributed by atoms with Crippen molar-refractivity contribution in [1.82, 2.24) is 15.1 Å². The summed E-state index contributed by atoms with van der Waals surface area (Å²) in [5, 5.41) is 7.46. The van der Waals surface area contributed by atoms with Crippen molar-refractivity contribution in [2.24, 2.45) is 7.05 Å². The van der Waals surface area contributed by atoms with E-state index in [4.69, 9.17) is 4.74 Å². The molecule has 0 spiro atoms. The summed E-state index contributed by atoms with van der Waals surface area (Å²) in [6.45, 7) is 5.68. The summed E-state index contributed by atoms with van der Waals surface area (Å²) >= 11 is 0. The molecule has 1 aromatic rings. The number of ether oxygens (including phenoxy) is 1. The third kappa shape index (κ3) is 3.64. The maximum absolute atomic E-state index is 5.68. The van der Waals surface area contributed by atoms with Crippen LogP contribution in [0.1, 0.15) is 25.2 Å². The van der Waals surface area contributed by atoms with E-state index in [0.29, 0.717) is 6.61 Å². The molecule has 0 bridgehead atoms. The minimum absolute atomic E-state index is 0.231. The fourth-order valence-electron chi connectivity index (χ4n) is 1.45. The van der Waals surface area contributed by atoms with Gasteiger partial charge in [-0.05, 0) is 26.5 Å². The van der Waals surface area contributed by atoms with E-state index < -0.39 is 0 Å². The van der Waals surface area contributed by atoms with Gasteiger partial charge in [0.05, 0.1) is 24.1 Å². The first kappa shape index (κ1) is 12.2. The Morgan fingerprint density at radius 2 is 2.33 bits per heavy atom. The Labute approximate surface area is 91.6 Å². The summed E-state index contributed by atoms with van der Waals surface area (Å²) in [5.74, 6) is 0. The normalized spacial score (nSPS) is 13.1. The molecule has 0 radical (unpaired) electrons. The lowest BCUT2D eigenvalue weighted by atomic mass is 10.3. The lowest BCUT2D eigenvalue weighted by molar-refractivity contribution is 0.0507. The summed E-state index contributed by atoms with van der Waals surface area (Å²) < 4.78 is 7.58. The van der Waals surface area contributed by atoms with Gasteiger partial charge in [-0.15, -0.1) is 0 Å². The summed E-state index contributed by atoms with van der Waals surface area (Å²) in [4.78, 5) is 0. The Hall–Kier alpha value is -0.870. The minimum Gasteiger partial charge on any atom is -0.371 e. The zero-order chi connectivity index (χ0) is 11.3. The van der Waals surface area contributed by atoms with Gasteiger partial charge in [-0.3, -0.25) is 4.68 Å². The third-order valence-electron chi connectivity index (χ3n) is 2.40. The molecular formula is C11H21N3O. The predicted molar refractivity (Wildman–Crippen MR) is 60.8 cm³/mol. The number of nitrogens with one attached hydrogen (secondary N) is 1. The molecule has 0 fully saturated rings. The van der Waals surface area contributed by atoms with E-state index in [-0.39, 0.29) is 6.10 Å². The minimum atomic E-state index is 0.231. The Balaban J connectivity index is 2.46. The molecule has 0 aromatic carbocycles. The zero-order valence-electron chi connectivity index (χ0n) is 10.1. The van der Waals surface area contributed by atoms with Gasteiger partial charge in [0.15, 0.2) is 0 Å². The van der Waals surface area contributed by atoms with Gasteiger partial charge in [0, 0.05) is 13.6 Å². The first-order valence-corrected chi connectivity index (χ1v) is 5.45. The molecule has 1 aromatic heterocycles. The fraction of sp³-hybridized carbons (Fsp3) is 0.727. The Morgan fingerprint density at radius 3 is 2.87 bits per heavy atom. The van der Waals surface area contributed by atoms with E-state index >= 15 is 0 Å². The van der Waals surface area contributed by atoms with Crippen molar-refractivity contribution in [3.63, 3.8) is 0 Å². The van der Waals surface area contributed by atoms with Crippen LogP contribution in [0.3, 0.4) is 0 Å². The number of hydrogen-bond acceptors (Lipinski definition) is 3. The van der Waals surface area contributed by atoms with Crippen LogP contribution in [0.15, 0.2) is 6.07 Å². The number of nitrogens with zero attached hydrogens (tertiary/aromatic N) is 2. The van der Waals surface area contributed by atoms with Crippen LogP contribution in [0.25, 0.3) is 0 Å². The van der Waals surface area contributed by atoms with E-state index in [2.05, 4.69) is 30.3 Å². The highest BCUT2D eigenvalue weighted by Crippen LogP contribution is 2.06. The summed E-state index contributed by atoms with van der Waals surface area (Å²) in [6.07, 6.45) is 1.20. The molecule has 1 rings (SSSR count). The van der Waals surface area contributed by atoms with Crippen molar-refractivity contribution in [1.29, 1.82) is 0 Å². The van der Waals surface area contributed by atoms with E-state index in [1.54, 1.807) is 0 Å². The van der Waals surface area contributed by atoms with Crippen molar-refractivity contribution in [2.75, 3.05) is 13.6 Å². The Bertz CT molecular complexity index is 296. The van der Waals surface area contributed by atoms with Gasteiger partial charge < -0.3 is 10.1 Å². The smallest absolute Gasteiger partial charge is 0.0889 e. The van der Waals surface area contributed by atoms with E-state index in [9.17, 15) is 0 Å². The molecule has 0 amide bonds. The maximum atomic E-state index is 5.68. The number of rotatable bonds is 6. The van der Waals surface area contributed by atoms with Crippen molar-refractivity contribution in [2.45, 2.75) is 33.0 Å². The van der Waals surface area contributed by atoms with Crippen molar-refractivity contribution in [3.8, 4) is 0 Å². The van der Waals surface area contributed by atoms with Crippen molar-refractivity contribution in [3.05, 3.63) is 17.5 Å². The molecule has 0 saturated heterocycles. The van der Waals surface area contributed by atoms with Crippen LogP contribution in [0.4, 0.5) is 0 Å². The quantitative estimate of drug-likeness (QED) is 0.766. The molecule has 15 heavy (non-hydrogen) atoms. The van der Waals surface area contributed by atoms with Gasteiger partial charge in [0.2, 0.25) is 0 Å². The highest BCUT2D eigenvalue weighted by molar-refractivity contribution is 5.09.